The molecule has 0 aliphatic carbocycles. The first kappa shape index (κ1) is 15.0. The summed E-state index contributed by atoms with van der Waals surface area (Å²) in [6.07, 6.45) is 2.14. The number of aromatic nitrogens is 1. The first-order chi connectivity index (χ1) is 10.7. The van der Waals surface area contributed by atoms with E-state index in [1.165, 1.54) is 0 Å². The third-order valence-corrected chi connectivity index (χ3v) is 4.54. The quantitative estimate of drug-likeness (QED) is 0.938. The number of carbonyl (C=O) groups excluding carboxylic acids is 1. The van der Waals surface area contributed by atoms with E-state index in [2.05, 4.69) is 27.1 Å². The largest absolute Gasteiger partial charge is 0.354 e. The molecule has 116 valence electrons. The lowest BCUT2D eigenvalue weighted by molar-refractivity contribution is -0.115. The molecule has 1 amide bonds. The molecule has 2 aromatic heterocycles. The molecule has 1 aliphatic rings. The van der Waals surface area contributed by atoms with E-state index in [0.29, 0.717) is 6.42 Å². The van der Waals surface area contributed by atoms with Crippen molar-refractivity contribution in [1.82, 2.24) is 9.88 Å². The average Bonchev–Trinajstić information content (AvgIpc) is 3.02. The van der Waals surface area contributed by atoms with E-state index in [-0.39, 0.29) is 5.91 Å². The Labute approximate surface area is 134 Å². The number of hydrogen-bond donors (Lipinski definition) is 1. The molecule has 3 heterocycles. The first-order valence-electron chi connectivity index (χ1n) is 7.41. The smallest absolute Gasteiger partial charge is 0.228 e. The van der Waals surface area contributed by atoms with Crippen LogP contribution in [-0.4, -0.2) is 49.0 Å². The molecule has 5 nitrogen and oxygen atoms in total. The molecule has 0 radical (unpaired) electrons. The van der Waals surface area contributed by atoms with Crippen molar-refractivity contribution in [3.63, 3.8) is 0 Å². The molecule has 1 N–H and O–H groups in total. The van der Waals surface area contributed by atoms with E-state index in [9.17, 15) is 4.79 Å². The minimum atomic E-state index is -0.00690. The van der Waals surface area contributed by atoms with Crippen molar-refractivity contribution < 1.29 is 4.79 Å². The summed E-state index contributed by atoms with van der Waals surface area (Å²) in [5, 5.41) is 6.87. The number of nitrogens with one attached hydrogen (secondary N) is 1. The molecule has 1 saturated heterocycles. The number of anilines is 2. The van der Waals surface area contributed by atoms with E-state index in [0.717, 1.165) is 43.2 Å². The molecule has 3 rings (SSSR count). The molecule has 2 aromatic rings. The van der Waals surface area contributed by atoms with Gasteiger partial charge in [-0.1, -0.05) is 0 Å². The highest BCUT2D eigenvalue weighted by Crippen LogP contribution is 2.16. The fraction of sp³-hybridized carbons (Fsp3) is 0.375. The second kappa shape index (κ2) is 6.89. The van der Waals surface area contributed by atoms with E-state index < -0.39 is 0 Å². The first-order valence-corrected chi connectivity index (χ1v) is 8.35. The zero-order chi connectivity index (χ0) is 15.4. The monoisotopic (exact) mass is 316 g/mol. The molecule has 22 heavy (non-hydrogen) atoms. The summed E-state index contributed by atoms with van der Waals surface area (Å²) in [4.78, 5) is 21.0. The summed E-state index contributed by atoms with van der Waals surface area (Å²) < 4.78 is 0. The van der Waals surface area contributed by atoms with Crippen LogP contribution in [0.15, 0.2) is 35.2 Å². The van der Waals surface area contributed by atoms with Gasteiger partial charge in [0.2, 0.25) is 5.91 Å². The summed E-state index contributed by atoms with van der Waals surface area (Å²) in [7, 11) is 2.14. The van der Waals surface area contributed by atoms with Gasteiger partial charge >= 0.3 is 0 Å². The van der Waals surface area contributed by atoms with Gasteiger partial charge in [-0.3, -0.25) is 4.79 Å². The lowest BCUT2D eigenvalue weighted by Crippen LogP contribution is -2.44. The Kier molecular flexibility index (Phi) is 4.70. The maximum Gasteiger partial charge on any atom is 0.228 e. The van der Waals surface area contributed by atoms with Gasteiger partial charge in [-0.05, 0) is 41.6 Å². The fourth-order valence-corrected chi connectivity index (χ4v) is 3.14. The van der Waals surface area contributed by atoms with Gasteiger partial charge < -0.3 is 15.1 Å². The van der Waals surface area contributed by atoms with E-state index in [1.807, 2.05) is 29.0 Å². The van der Waals surface area contributed by atoms with Crippen molar-refractivity contribution >= 4 is 28.7 Å². The molecule has 0 spiro atoms. The van der Waals surface area contributed by atoms with Crippen LogP contribution in [0.3, 0.4) is 0 Å². The van der Waals surface area contributed by atoms with Crippen LogP contribution in [0.1, 0.15) is 5.56 Å². The van der Waals surface area contributed by atoms with Crippen LogP contribution in [0.5, 0.6) is 0 Å². The molecule has 0 bridgehead atoms. The molecular weight excluding hydrogens is 296 g/mol. The number of piperazine rings is 1. The third-order valence-electron chi connectivity index (χ3n) is 3.80. The molecule has 0 saturated carbocycles. The van der Waals surface area contributed by atoms with Crippen LogP contribution < -0.4 is 10.2 Å². The van der Waals surface area contributed by atoms with Gasteiger partial charge in [-0.15, -0.1) is 0 Å². The van der Waals surface area contributed by atoms with Crippen LogP contribution in [-0.2, 0) is 11.2 Å². The van der Waals surface area contributed by atoms with Crippen molar-refractivity contribution in [2.75, 3.05) is 43.4 Å². The van der Waals surface area contributed by atoms with Crippen molar-refractivity contribution in [2.24, 2.45) is 0 Å². The molecular formula is C16H20N4OS. The molecule has 1 fully saturated rings. The van der Waals surface area contributed by atoms with Gasteiger partial charge in [0.15, 0.2) is 0 Å². The van der Waals surface area contributed by atoms with E-state index in [4.69, 9.17) is 0 Å². The Balaban J connectivity index is 1.56. The van der Waals surface area contributed by atoms with Crippen LogP contribution in [0.2, 0.25) is 0 Å². The minimum Gasteiger partial charge on any atom is -0.354 e. The van der Waals surface area contributed by atoms with Gasteiger partial charge in [-0.2, -0.15) is 11.3 Å². The second-order valence-corrected chi connectivity index (χ2v) is 6.33. The normalized spacial score (nSPS) is 15.8. The number of carbonyl (C=O) groups is 1. The number of likely N-dealkylation sites (N-methyl/N-ethyl adjacent to an activating group) is 1. The number of rotatable bonds is 4. The van der Waals surface area contributed by atoms with Gasteiger partial charge in [0.05, 0.1) is 18.3 Å². The number of amides is 1. The second-order valence-electron chi connectivity index (χ2n) is 5.55. The molecule has 0 unspecified atom stereocenters. The Morgan fingerprint density at radius 2 is 2.09 bits per heavy atom. The zero-order valence-electron chi connectivity index (χ0n) is 12.7. The van der Waals surface area contributed by atoms with Crippen molar-refractivity contribution in [3.05, 3.63) is 40.7 Å². The predicted molar refractivity (Wildman–Crippen MR) is 90.6 cm³/mol. The summed E-state index contributed by atoms with van der Waals surface area (Å²) in [6, 6.07) is 5.87. The lowest BCUT2D eigenvalue weighted by Gasteiger charge is -2.33. The maximum atomic E-state index is 12.0. The number of nitrogens with zero attached hydrogens (tertiary/aromatic N) is 3. The summed E-state index contributed by atoms with van der Waals surface area (Å²) in [5.74, 6) is 0.969. The zero-order valence-corrected chi connectivity index (χ0v) is 13.5. The number of pyridine rings is 1. The van der Waals surface area contributed by atoms with Crippen LogP contribution in [0.25, 0.3) is 0 Å². The van der Waals surface area contributed by atoms with Crippen molar-refractivity contribution in [2.45, 2.75) is 6.42 Å². The summed E-state index contributed by atoms with van der Waals surface area (Å²) in [6.45, 7) is 4.10. The molecule has 0 aromatic carbocycles. The minimum absolute atomic E-state index is 0.00690. The molecule has 6 heteroatoms. The van der Waals surface area contributed by atoms with Gasteiger partial charge in [0.25, 0.3) is 0 Å². The highest BCUT2D eigenvalue weighted by molar-refractivity contribution is 7.08. The summed E-state index contributed by atoms with van der Waals surface area (Å²) >= 11 is 1.60. The standard InChI is InChI=1S/C16H20N4OS/c1-19-5-7-20(8-6-19)15-3-2-14(11-17-15)18-16(21)10-13-4-9-22-12-13/h2-4,9,11-12H,5-8,10H2,1H3,(H,18,21). The van der Waals surface area contributed by atoms with Gasteiger partial charge in [0.1, 0.15) is 5.82 Å². The molecule has 1 aliphatic heterocycles. The summed E-state index contributed by atoms with van der Waals surface area (Å²) in [5.41, 5.74) is 1.79. The van der Waals surface area contributed by atoms with Crippen molar-refractivity contribution in [3.8, 4) is 0 Å². The van der Waals surface area contributed by atoms with Gasteiger partial charge in [0, 0.05) is 26.2 Å². The van der Waals surface area contributed by atoms with E-state index in [1.54, 1.807) is 17.5 Å². The Bertz CT molecular complexity index is 604. The average molecular weight is 316 g/mol. The topological polar surface area (TPSA) is 48.5 Å². The Morgan fingerprint density at radius 1 is 1.27 bits per heavy atom. The maximum absolute atomic E-state index is 12.0. The predicted octanol–water partition coefficient (Wildman–Crippen LogP) is 2.08. The Hall–Kier alpha value is -1.92. The highest BCUT2D eigenvalue weighted by Gasteiger charge is 2.15. The van der Waals surface area contributed by atoms with Crippen LogP contribution >= 0.6 is 11.3 Å². The number of hydrogen-bond acceptors (Lipinski definition) is 5. The lowest BCUT2D eigenvalue weighted by atomic mass is 10.2. The highest BCUT2D eigenvalue weighted by atomic mass is 32.1. The number of thiophene rings is 1. The van der Waals surface area contributed by atoms with Crippen molar-refractivity contribution in [1.29, 1.82) is 0 Å². The van der Waals surface area contributed by atoms with Gasteiger partial charge in [-0.25, -0.2) is 4.98 Å². The molecule has 0 atom stereocenters. The SMILES string of the molecule is CN1CCN(c2ccc(NC(=O)Cc3ccsc3)cn2)CC1. The van der Waals surface area contributed by atoms with Crippen LogP contribution in [0.4, 0.5) is 11.5 Å². The van der Waals surface area contributed by atoms with E-state index >= 15 is 0 Å². The Morgan fingerprint density at radius 3 is 2.73 bits per heavy atom. The van der Waals surface area contributed by atoms with Crippen LogP contribution in [0, 0.1) is 0 Å². The fourth-order valence-electron chi connectivity index (χ4n) is 2.47. The third kappa shape index (κ3) is 3.84.